The van der Waals surface area contributed by atoms with Crippen molar-refractivity contribution < 1.29 is 9.21 Å². The van der Waals surface area contributed by atoms with E-state index in [2.05, 4.69) is 13.0 Å². The van der Waals surface area contributed by atoms with E-state index in [1.165, 1.54) is 0 Å². The van der Waals surface area contributed by atoms with E-state index >= 15 is 0 Å². The highest BCUT2D eigenvalue weighted by atomic mass is 16.3. The molecule has 0 N–H and O–H groups in total. The van der Waals surface area contributed by atoms with E-state index in [0.717, 1.165) is 41.4 Å². The van der Waals surface area contributed by atoms with Crippen LogP contribution in [0.4, 0.5) is 0 Å². The minimum atomic E-state index is 0.0579. The van der Waals surface area contributed by atoms with Gasteiger partial charge in [0.05, 0.1) is 0 Å². The monoisotopic (exact) mass is 254 g/mol. The summed E-state index contributed by atoms with van der Waals surface area (Å²) in [4.78, 5) is 12.4. The van der Waals surface area contributed by atoms with E-state index in [9.17, 15) is 4.79 Å². The van der Waals surface area contributed by atoms with Crippen LogP contribution in [0.15, 0.2) is 40.3 Å². The molecule has 1 aliphatic carbocycles. The first-order valence-corrected chi connectivity index (χ1v) is 6.88. The quantitative estimate of drug-likeness (QED) is 0.729. The highest BCUT2D eigenvalue weighted by Gasteiger charge is 2.20. The summed E-state index contributed by atoms with van der Waals surface area (Å²) in [6, 6.07) is 7.84. The number of carbonyl (C=O) groups is 1. The normalized spacial score (nSPS) is 19.5. The molecular formula is C17H18O2. The molecule has 0 radical (unpaired) electrons. The number of Topliss-reactive ketones (excluding diaryl/α,β-unsaturated/α-hetero) is 1. The lowest BCUT2D eigenvalue weighted by molar-refractivity contribution is 0.0999. The molecule has 0 fully saturated rings. The Balaban J connectivity index is 1.96. The summed E-state index contributed by atoms with van der Waals surface area (Å²) in [5.41, 5.74) is 2.81. The molecule has 0 bridgehead atoms. The highest BCUT2D eigenvalue weighted by Crippen LogP contribution is 2.28. The number of para-hydroxylation sites is 1. The van der Waals surface area contributed by atoms with Crippen LogP contribution in [0.1, 0.15) is 42.3 Å². The Labute approximate surface area is 113 Å². The molecule has 1 unspecified atom stereocenters. The van der Waals surface area contributed by atoms with Crippen LogP contribution in [0.3, 0.4) is 0 Å². The van der Waals surface area contributed by atoms with Crippen LogP contribution >= 0.6 is 0 Å². The summed E-state index contributed by atoms with van der Waals surface area (Å²) in [5.74, 6) is 1.22. The summed E-state index contributed by atoms with van der Waals surface area (Å²) < 4.78 is 5.75. The Morgan fingerprint density at radius 1 is 1.37 bits per heavy atom. The fourth-order valence-corrected chi connectivity index (χ4v) is 2.65. The Hall–Kier alpha value is -1.83. The van der Waals surface area contributed by atoms with Crippen molar-refractivity contribution >= 4 is 16.8 Å². The molecule has 2 aromatic rings. The van der Waals surface area contributed by atoms with Gasteiger partial charge in [0.1, 0.15) is 5.58 Å². The van der Waals surface area contributed by atoms with Crippen molar-refractivity contribution in [2.45, 2.75) is 33.1 Å². The highest BCUT2D eigenvalue weighted by molar-refractivity contribution is 6.08. The molecule has 0 spiro atoms. The molecule has 98 valence electrons. The van der Waals surface area contributed by atoms with Crippen molar-refractivity contribution in [2.75, 3.05) is 0 Å². The molecule has 0 saturated heterocycles. The van der Waals surface area contributed by atoms with Gasteiger partial charge in [0.25, 0.3) is 0 Å². The predicted octanol–water partition coefficient (Wildman–Crippen LogP) is 4.67. The molecule has 3 rings (SSSR count). The second-order valence-electron chi connectivity index (χ2n) is 5.54. The fourth-order valence-electron chi connectivity index (χ4n) is 2.65. The number of carbonyl (C=O) groups excluding carboxylic acids is 1. The summed E-state index contributed by atoms with van der Waals surface area (Å²) in [7, 11) is 0. The number of fused-ring (bicyclic) bond motifs is 1. The predicted molar refractivity (Wildman–Crippen MR) is 76.4 cm³/mol. The first-order valence-electron chi connectivity index (χ1n) is 6.88. The molecule has 1 aromatic carbocycles. The Bertz CT molecular complexity index is 661. The molecule has 1 atom stereocenters. The van der Waals surface area contributed by atoms with Gasteiger partial charge in [0, 0.05) is 5.39 Å². The van der Waals surface area contributed by atoms with E-state index in [1.807, 2.05) is 31.2 Å². The number of rotatable bonds is 2. The maximum atomic E-state index is 12.4. The minimum absolute atomic E-state index is 0.0579. The van der Waals surface area contributed by atoms with Gasteiger partial charge in [-0.25, -0.2) is 0 Å². The number of benzene rings is 1. The summed E-state index contributed by atoms with van der Waals surface area (Å²) in [5, 5.41) is 1.01. The average molecular weight is 254 g/mol. The van der Waals surface area contributed by atoms with Crippen LogP contribution in [0.5, 0.6) is 0 Å². The van der Waals surface area contributed by atoms with Gasteiger partial charge in [-0.2, -0.15) is 0 Å². The number of aryl methyl sites for hydroxylation is 1. The zero-order valence-corrected chi connectivity index (χ0v) is 11.4. The van der Waals surface area contributed by atoms with Gasteiger partial charge in [0.2, 0.25) is 5.78 Å². The van der Waals surface area contributed by atoms with Crippen LogP contribution in [0, 0.1) is 12.8 Å². The third kappa shape index (κ3) is 2.23. The van der Waals surface area contributed by atoms with Crippen LogP contribution in [-0.4, -0.2) is 5.78 Å². The summed E-state index contributed by atoms with van der Waals surface area (Å²) in [6.07, 6.45) is 5.05. The molecule has 0 amide bonds. The van der Waals surface area contributed by atoms with Gasteiger partial charge in [-0.05, 0) is 49.3 Å². The SMILES string of the molecule is Cc1cccc2cc(C(=O)C3=CCC(C)CC3)oc12. The molecule has 2 heteroatoms. The van der Waals surface area contributed by atoms with Gasteiger partial charge in [0.15, 0.2) is 5.76 Å². The Kier molecular flexibility index (Phi) is 3.02. The van der Waals surface area contributed by atoms with Crippen molar-refractivity contribution in [2.24, 2.45) is 5.92 Å². The van der Waals surface area contributed by atoms with Crippen molar-refractivity contribution in [3.8, 4) is 0 Å². The van der Waals surface area contributed by atoms with Gasteiger partial charge < -0.3 is 4.42 Å². The number of hydrogen-bond acceptors (Lipinski definition) is 2. The largest absolute Gasteiger partial charge is 0.452 e. The smallest absolute Gasteiger partial charge is 0.223 e. The average Bonchev–Trinajstić information content (AvgIpc) is 2.84. The lowest BCUT2D eigenvalue weighted by Gasteiger charge is -2.16. The van der Waals surface area contributed by atoms with Gasteiger partial charge in [-0.15, -0.1) is 0 Å². The molecular weight excluding hydrogens is 236 g/mol. The van der Waals surface area contributed by atoms with Crippen LogP contribution in [-0.2, 0) is 0 Å². The third-order valence-electron chi connectivity index (χ3n) is 3.93. The number of allylic oxidation sites excluding steroid dienone is 2. The van der Waals surface area contributed by atoms with Crippen molar-refractivity contribution in [3.63, 3.8) is 0 Å². The van der Waals surface area contributed by atoms with E-state index < -0.39 is 0 Å². The number of ketones is 1. The second-order valence-corrected chi connectivity index (χ2v) is 5.54. The molecule has 1 aromatic heterocycles. The van der Waals surface area contributed by atoms with Crippen LogP contribution in [0.2, 0.25) is 0 Å². The lowest BCUT2D eigenvalue weighted by atomic mass is 9.89. The standard InChI is InChI=1S/C17H18O2/c1-11-6-8-13(9-7-11)16(18)15-10-14-5-3-4-12(2)17(14)19-15/h3-5,8,10-11H,6-7,9H2,1-2H3. The minimum Gasteiger partial charge on any atom is -0.452 e. The van der Waals surface area contributed by atoms with Crippen LogP contribution < -0.4 is 0 Å². The van der Waals surface area contributed by atoms with Crippen molar-refractivity contribution in [1.29, 1.82) is 0 Å². The Morgan fingerprint density at radius 2 is 2.21 bits per heavy atom. The van der Waals surface area contributed by atoms with E-state index in [1.54, 1.807) is 0 Å². The van der Waals surface area contributed by atoms with E-state index in [-0.39, 0.29) is 5.78 Å². The first-order chi connectivity index (χ1) is 9.15. The number of furan rings is 1. The van der Waals surface area contributed by atoms with Crippen molar-refractivity contribution in [3.05, 3.63) is 47.2 Å². The summed E-state index contributed by atoms with van der Waals surface area (Å²) in [6.45, 7) is 4.23. The third-order valence-corrected chi connectivity index (χ3v) is 3.93. The molecule has 0 aliphatic heterocycles. The zero-order chi connectivity index (χ0) is 13.4. The molecule has 0 saturated carbocycles. The topological polar surface area (TPSA) is 30.2 Å². The first kappa shape index (κ1) is 12.2. The molecule has 2 nitrogen and oxygen atoms in total. The van der Waals surface area contributed by atoms with Crippen LogP contribution in [0.25, 0.3) is 11.0 Å². The van der Waals surface area contributed by atoms with Gasteiger partial charge in [-0.1, -0.05) is 31.2 Å². The zero-order valence-electron chi connectivity index (χ0n) is 11.4. The fraction of sp³-hybridized carbons (Fsp3) is 0.353. The van der Waals surface area contributed by atoms with Crippen molar-refractivity contribution in [1.82, 2.24) is 0 Å². The molecule has 1 aliphatic rings. The van der Waals surface area contributed by atoms with E-state index in [4.69, 9.17) is 4.42 Å². The van der Waals surface area contributed by atoms with Gasteiger partial charge in [-0.3, -0.25) is 4.79 Å². The maximum absolute atomic E-state index is 12.4. The lowest BCUT2D eigenvalue weighted by Crippen LogP contribution is -2.09. The molecule has 1 heterocycles. The second kappa shape index (κ2) is 4.69. The Morgan fingerprint density at radius 3 is 2.89 bits per heavy atom. The number of hydrogen-bond donors (Lipinski definition) is 0. The molecule has 19 heavy (non-hydrogen) atoms. The van der Waals surface area contributed by atoms with Gasteiger partial charge >= 0.3 is 0 Å². The maximum Gasteiger partial charge on any atom is 0.223 e. The summed E-state index contributed by atoms with van der Waals surface area (Å²) >= 11 is 0. The van der Waals surface area contributed by atoms with E-state index in [0.29, 0.717) is 11.7 Å².